The number of nitrogens with zero attached hydrogens (tertiary/aromatic N) is 2. The molecule has 0 aromatic carbocycles. The van der Waals surface area contributed by atoms with E-state index in [1.807, 2.05) is 0 Å². The highest BCUT2D eigenvalue weighted by Crippen LogP contribution is 2.49. The number of ether oxygens (including phenoxy) is 1. The van der Waals surface area contributed by atoms with Gasteiger partial charge in [0.2, 0.25) is 5.89 Å². The van der Waals surface area contributed by atoms with Crippen molar-refractivity contribution >= 4 is 0 Å². The molecule has 2 rings (SSSR count). The van der Waals surface area contributed by atoms with Crippen LogP contribution in [0.5, 0.6) is 0 Å². The molecule has 1 aliphatic rings. The molecule has 0 aliphatic heterocycles. The minimum atomic E-state index is 0.0779. The summed E-state index contributed by atoms with van der Waals surface area (Å²) in [6.45, 7) is 7.08. The second-order valence-electron chi connectivity index (χ2n) is 5.89. The summed E-state index contributed by atoms with van der Waals surface area (Å²) in [5, 5.41) is 3.95. The maximum Gasteiger partial charge on any atom is 0.230 e. The van der Waals surface area contributed by atoms with Gasteiger partial charge in [-0.1, -0.05) is 25.9 Å². The first-order chi connectivity index (χ1) is 8.46. The number of nitrogens with two attached hydrogens (primary N) is 1. The van der Waals surface area contributed by atoms with Gasteiger partial charge >= 0.3 is 0 Å². The van der Waals surface area contributed by atoms with Gasteiger partial charge in [0.05, 0.1) is 0 Å². The van der Waals surface area contributed by atoms with Crippen molar-refractivity contribution in [3.8, 4) is 0 Å². The zero-order valence-corrected chi connectivity index (χ0v) is 11.6. The van der Waals surface area contributed by atoms with E-state index >= 15 is 0 Å². The van der Waals surface area contributed by atoms with E-state index in [1.54, 1.807) is 7.11 Å². The molecule has 1 aromatic rings. The molecule has 0 bridgehead atoms. The van der Waals surface area contributed by atoms with Crippen LogP contribution in [0.2, 0.25) is 0 Å². The third-order valence-corrected chi connectivity index (χ3v) is 4.56. The number of rotatable bonds is 3. The summed E-state index contributed by atoms with van der Waals surface area (Å²) < 4.78 is 10.4. The zero-order chi connectivity index (χ0) is 13.3. The Labute approximate surface area is 108 Å². The lowest BCUT2D eigenvalue weighted by Gasteiger charge is -2.45. The summed E-state index contributed by atoms with van der Waals surface area (Å²) in [4.78, 5) is 4.44. The lowest BCUT2D eigenvalue weighted by Crippen LogP contribution is -2.45. The van der Waals surface area contributed by atoms with Crippen LogP contribution in [0.1, 0.15) is 51.2 Å². The van der Waals surface area contributed by atoms with Crippen molar-refractivity contribution in [2.75, 3.05) is 7.11 Å². The molecule has 1 fully saturated rings. The van der Waals surface area contributed by atoms with Crippen molar-refractivity contribution in [3.05, 3.63) is 11.7 Å². The summed E-state index contributed by atoms with van der Waals surface area (Å²) >= 11 is 0. The Morgan fingerprint density at radius 2 is 2.17 bits per heavy atom. The summed E-state index contributed by atoms with van der Waals surface area (Å²) in [7, 11) is 1.63. The van der Waals surface area contributed by atoms with Crippen LogP contribution in [0, 0.1) is 11.3 Å². The second kappa shape index (κ2) is 4.97. The Balaban J connectivity index is 2.21. The van der Waals surface area contributed by atoms with Gasteiger partial charge in [0, 0.05) is 19.1 Å². The molecular formula is C13H23N3O2. The van der Waals surface area contributed by atoms with Gasteiger partial charge in [-0.2, -0.15) is 4.98 Å². The molecule has 5 nitrogen and oxygen atoms in total. The molecule has 0 radical (unpaired) electrons. The Morgan fingerprint density at radius 3 is 2.83 bits per heavy atom. The van der Waals surface area contributed by atoms with Gasteiger partial charge in [-0.25, -0.2) is 0 Å². The number of hydrogen-bond donors (Lipinski definition) is 1. The van der Waals surface area contributed by atoms with Crippen LogP contribution < -0.4 is 5.73 Å². The van der Waals surface area contributed by atoms with E-state index in [9.17, 15) is 0 Å². The highest BCUT2D eigenvalue weighted by molar-refractivity contribution is 5.06. The highest BCUT2D eigenvalue weighted by Gasteiger charge is 2.44. The van der Waals surface area contributed by atoms with Crippen molar-refractivity contribution in [1.82, 2.24) is 10.1 Å². The van der Waals surface area contributed by atoms with Crippen LogP contribution >= 0.6 is 0 Å². The molecule has 1 saturated carbocycles. The Bertz CT molecular complexity index is 403. The number of methoxy groups -OCH3 is 1. The van der Waals surface area contributed by atoms with Gasteiger partial charge in [0.25, 0.3) is 0 Å². The standard InChI is InChI=1S/C13H23N3O2/c1-8-10(14)6-5-9(13(8,2)3)12-15-11(7-17-4)16-18-12/h8-10H,5-7,14H2,1-4H3. The van der Waals surface area contributed by atoms with Gasteiger partial charge in [-0.15, -0.1) is 0 Å². The van der Waals surface area contributed by atoms with E-state index < -0.39 is 0 Å². The van der Waals surface area contributed by atoms with Crippen LogP contribution in [0.15, 0.2) is 4.52 Å². The zero-order valence-electron chi connectivity index (χ0n) is 11.6. The topological polar surface area (TPSA) is 74.2 Å². The predicted octanol–water partition coefficient (Wildman–Crippen LogP) is 2.08. The smallest absolute Gasteiger partial charge is 0.230 e. The molecule has 1 aromatic heterocycles. The maximum atomic E-state index is 6.16. The molecule has 1 heterocycles. The molecule has 0 spiro atoms. The van der Waals surface area contributed by atoms with Crippen LogP contribution in [0.25, 0.3) is 0 Å². The fourth-order valence-electron chi connectivity index (χ4n) is 2.89. The summed E-state index contributed by atoms with van der Waals surface area (Å²) in [6, 6.07) is 0.262. The molecule has 1 aliphatic carbocycles. The Morgan fingerprint density at radius 1 is 1.44 bits per heavy atom. The first-order valence-electron chi connectivity index (χ1n) is 6.53. The summed E-state index contributed by atoms with van der Waals surface area (Å²) in [6.07, 6.45) is 2.02. The van der Waals surface area contributed by atoms with Crippen molar-refractivity contribution in [3.63, 3.8) is 0 Å². The largest absolute Gasteiger partial charge is 0.377 e. The molecule has 0 amide bonds. The van der Waals surface area contributed by atoms with Crippen LogP contribution in [-0.4, -0.2) is 23.3 Å². The molecule has 18 heavy (non-hydrogen) atoms. The maximum absolute atomic E-state index is 6.16. The molecule has 2 N–H and O–H groups in total. The lowest BCUT2D eigenvalue weighted by molar-refractivity contribution is 0.0806. The number of aromatic nitrogens is 2. The fourth-order valence-corrected chi connectivity index (χ4v) is 2.89. The second-order valence-corrected chi connectivity index (χ2v) is 5.89. The Kier molecular flexibility index (Phi) is 3.73. The third-order valence-electron chi connectivity index (χ3n) is 4.56. The molecular weight excluding hydrogens is 230 g/mol. The predicted molar refractivity (Wildman–Crippen MR) is 67.9 cm³/mol. The third kappa shape index (κ3) is 2.29. The van der Waals surface area contributed by atoms with E-state index in [2.05, 4.69) is 30.9 Å². The minimum absolute atomic E-state index is 0.0779. The first kappa shape index (κ1) is 13.5. The normalized spacial score (nSPS) is 31.5. The van der Waals surface area contributed by atoms with Crippen LogP contribution in [0.3, 0.4) is 0 Å². The average Bonchev–Trinajstić information content (AvgIpc) is 2.75. The molecule has 0 saturated heterocycles. The highest BCUT2D eigenvalue weighted by atomic mass is 16.5. The Hall–Kier alpha value is -0.940. The van der Waals surface area contributed by atoms with Crippen LogP contribution in [-0.2, 0) is 11.3 Å². The van der Waals surface area contributed by atoms with E-state index in [0.29, 0.717) is 18.3 Å². The molecule has 102 valence electrons. The van der Waals surface area contributed by atoms with Gasteiger partial charge in [0.15, 0.2) is 5.82 Å². The molecule has 3 unspecified atom stereocenters. The fraction of sp³-hybridized carbons (Fsp3) is 0.846. The quantitative estimate of drug-likeness (QED) is 0.892. The molecule has 3 atom stereocenters. The van der Waals surface area contributed by atoms with Crippen molar-refractivity contribution < 1.29 is 9.26 Å². The molecule has 5 heteroatoms. The van der Waals surface area contributed by atoms with E-state index in [4.69, 9.17) is 15.0 Å². The van der Waals surface area contributed by atoms with Crippen LogP contribution in [0.4, 0.5) is 0 Å². The van der Waals surface area contributed by atoms with E-state index in [-0.39, 0.29) is 17.4 Å². The first-order valence-corrected chi connectivity index (χ1v) is 6.53. The van der Waals surface area contributed by atoms with Crippen molar-refractivity contribution in [1.29, 1.82) is 0 Å². The number of hydrogen-bond acceptors (Lipinski definition) is 5. The van der Waals surface area contributed by atoms with Gasteiger partial charge in [-0.3, -0.25) is 0 Å². The van der Waals surface area contributed by atoms with Crippen molar-refractivity contribution in [2.45, 2.75) is 52.2 Å². The van der Waals surface area contributed by atoms with Gasteiger partial charge in [-0.05, 0) is 24.2 Å². The summed E-state index contributed by atoms with van der Waals surface area (Å²) in [5.74, 6) is 2.07. The summed E-state index contributed by atoms with van der Waals surface area (Å²) in [5.41, 5.74) is 6.24. The SMILES string of the molecule is COCc1noc(C2CCC(N)C(C)C2(C)C)n1. The minimum Gasteiger partial charge on any atom is -0.377 e. The monoisotopic (exact) mass is 253 g/mol. The van der Waals surface area contributed by atoms with Gasteiger partial charge in [0.1, 0.15) is 6.61 Å². The van der Waals surface area contributed by atoms with E-state index in [0.717, 1.165) is 18.7 Å². The van der Waals surface area contributed by atoms with Crippen molar-refractivity contribution in [2.24, 2.45) is 17.1 Å². The lowest BCUT2D eigenvalue weighted by atomic mass is 9.61. The van der Waals surface area contributed by atoms with E-state index in [1.165, 1.54) is 0 Å². The average molecular weight is 253 g/mol. The van der Waals surface area contributed by atoms with Gasteiger partial charge < -0.3 is 15.0 Å².